The lowest BCUT2D eigenvalue weighted by atomic mass is 9.95. The van der Waals surface area contributed by atoms with Gasteiger partial charge in [0.25, 0.3) is 10.0 Å². The van der Waals surface area contributed by atoms with Gasteiger partial charge < -0.3 is 0 Å². The summed E-state index contributed by atoms with van der Waals surface area (Å²) < 4.78 is 30.3. The van der Waals surface area contributed by atoms with Crippen LogP contribution in [0.3, 0.4) is 0 Å². The maximum absolute atomic E-state index is 13.1. The number of hydrogen-bond acceptors (Lipinski definition) is 5. The van der Waals surface area contributed by atoms with Crippen molar-refractivity contribution in [3.8, 4) is 5.69 Å². The number of hydrogen-bond donors (Lipinski definition) is 1. The van der Waals surface area contributed by atoms with E-state index in [2.05, 4.69) is 20.2 Å². The third kappa shape index (κ3) is 3.08. The molecule has 1 N–H and O–H groups in total. The SMILES string of the molecule is Cc1c(C)c(C)c(S(=O)(=O)Nc2cccc(-n3cnnn3)c2)c(C)c1C. The first-order valence-electron chi connectivity index (χ1n) is 8.15. The van der Waals surface area contributed by atoms with Gasteiger partial charge in [-0.05, 0) is 91.1 Å². The third-order valence-corrected chi connectivity index (χ3v) is 6.57. The Morgan fingerprint density at radius 3 is 2.12 bits per heavy atom. The zero-order valence-electron chi connectivity index (χ0n) is 15.4. The van der Waals surface area contributed by atoms with Crippen molar-refractivity contribution >= 4 is 15.7 Å². The largest absolute Gasteiger partial charge is 0.280 e. The molecule has 0 saturated heterocycles. The smallest absolute Gasteiger partial charge is 0.262 e. The minimum Gasteiger partial charge on any atom is -0.280 e. The van der Waals surface area contributed by atoms with Crippen LogP contribution in [0.2, 0.25) is 0 Å². The van der Waals surface area contributed by atoms with E-state index in [9.17, 15) is 8.42 Å². The topological polar surface area (TPSA) is 89.8 Å². The number of aromatic nitrogens is 4. The lowest BCUT2D eigenvalue weighted by molar-refractivity contribution is 0.599. The maximum Gasteiger partial charge on any atom is 0.262 e. The van der Waals surface area contributed by atoms with Gasteiger partial charge in [-0.2, -0.15) is 0 Å². The highest BCUT2D eigenvalue weighted by atomic mass is 32.2. The summed E-state index contributed by atoms with van der Waals surface area (Å²) in [6.45, 7) is 9.62. The van der Waals surface area contributed by atoms with Gasteiger partial charge in [0.1, 0.15) is 6.33 Å². The van der Waals surface area contributed by atoms with E-state index >= 15 is 0 Å². The van der Waals surface area contributed by atoms with Crippen molar-refractivity contribution in [2.24, 2.45) is 0 Å². The molecule has 136 valence electrons. The van der Waals surface area contributed by atoms with Crippen LogP contribution in [0.4, 0.5) is 5.69 Å². The third-order valence-electron chi connectivity index (χ3n) is 4.91. The molecule has 3 aromatic rings. The second kappa shape index (κ2) is 6.53. The van der Waals surface area contributed by atoms with E-state index in [4.69, 9.17) is 0 Å². The van der Waals surface area contributed by atoms with Crippen molar-refractivity contribution in [2.45, 2.75) is 39.5 Å². The minimum atomic E-state index is -3.73. The molecule has 0 aliphatic carbocycles. The molecule has 0 amide bonds. The van der Waals surface area contributed by atoms with Crippen LogP contribution in [-0.4, -0.2) is 28.6 Å². The molecule has 0 radical (unpaired) electrons. The van der Waals surface area contributed by atoms with E-state index in [1.807, 2.05) is 34.6 Å². The van der Waals surface area contributed by atoms with Gasteiger partial charge in [0.2, 0.25) is 0 Å². The molecular formula is C18H21N5O2S. The standard InChI is InChI=1S/C18H21N5O2S/c1-11-12(2)14(4)18(15(5)13(11)3)26(24,25)20-16-7-6-8-17(9-16)23-10-19-21-22-23/h6-10,20H,1-5H3. The maximum atomic E-state index is 13.1. The number of nitrogens with zero attached hydrogens (tertiary/aromatic N) is 4. The molecule has 3 rings (SSSR count). The Balaban J connectivity index is 2.05. The van der Waals surface area contributed by atoms with Gasteiger partial charge in [-0.1, -0.05) is 6.07 Å². The van der Waals surface area contributed by atoms with Crippen LogP contribution in [0.15, 0.2) is 35.5 Å². The van der Waals surface area contributed by atoms with Gasteiger partial charge in [-0.25, -0.2) is 13.1 Å². The van der Waals surface area contributed by atoms with Crippen LogP contribution in [-0.2, 0) is 10.0 Å². The van der Waals surface area contributed by atoms with E-state index in [0.717, 1.165) is 27.8 Å². The Morgan fingerprint density at radius 1 is 0.923 bits per heavy atom. The van der Waals surface area contributed by atoms with Gasteiger partial charge >= 0.3 is 0 Å². The summed E-state index contributed by atoms with van der Waals surface area (Å²) >= 11 is 0. The van der Waals surface area contributed by atoms with Crippen LogP contribution >= 0.6 is 0 Å². The minimum absolute atomic E-state index is 0.339. The average molecular weight is 371 g/mol. The monoisotopic (exact) mass is 371 g/mol. The van der Waals surface area contributed by atoms with Crippen LogP contribution in [0.5, 0.6) is 0 Å². The van der Waals surface area contributed by atoms with Crippen LogP contribution in [0.25, 0.3) is 5.69 Å². The molecule has 7 nitrogen and oxygen atoms in total. The molecule has 0 unspecified atom stereocenters. The fourth-order valence-electron chi connectivity index (χ4n) is 3.07. The molecule has 0 saturated carbocycles. The van der Waals surface area contributed by atoms with Gasteiger partial charge in [0.05, 0.1) is 16.3 Å². The number of rotatable bonds is 4. The Hall–Kier alpha value is -2.74. The zero-order valence-corrected chi connectivity index (χ0v) is 16.2. The molecule has 1 aromatic heterocycles. The summed E-state index contributed by atoms with van der Waals surface area (Å²) in [6.07, 6.45) is 1.45. The summed E-state index contributed by atoms with van der Waals surface area (Å²) in [4.78, 5) is 0.339. The fourth-order valence-corrected chi connectivity index (χ4v) is 4.72. The van der Waals surface area contributed by atoms with Crippen LogP contribution in [0, 0.1) is 34.6 Å². The van der Waals surface area contributed by atoms with Crippen molar-refractivity contribution < 1.29 is 8.42 Å². The number of benzene rings is 2. The van der Waals surface area contributed by atoms with Crippen LogP contribution < -0.4 is 4.72 Å². The van der Waals surface area contributed by atoms with Gasteiger partial charge in [-0.3, -0.25) is 4.72 Å². The second-order valence-corrected chi connectivity index (χ2v) is 7.98. The predicted octanol–water partition coefficient (Wildman–Crippen LogP) is 3.01. The molecule has 0 bridgehead atoms. The highest BCUT2D eigenvalue weighted by Gasteiger charge is 2.23. The molecule has 0 atom stereocenters. The summed E-state index contributed by atoms with van der Waals surface area (Å²) in [5.74, 6) is 0. The van der Waals surface area contributed by atoms with Crippen LogP contribution in [0.1, 0.15) is 27.8 Å². The lowest BCUT2D eigenvalue weighted by Crippen LogP contribution is -2.18. The zero-order chi connectivity index (χ0) is 19.1. The Kier molecular flexibility index (Phi) is 4.53. The fraction of sp³-hybridized carbons (Fsp3) is 0.278. The molecule has 0 fully saturated rings. The van der Waals surface area contributed by atoms with E-state index in [-0.39, 0.29) is 0 Å². The molecule has 0 aliphatic rings. The highest BCUT2D eigenvalue weighted by molar-refractivity contribution is 7.92. The number of anilines is 1. The van der Waals surface area contributed by atoms with Gasteiger partial charge in [0, 0.05) is 0 Å². The molecule has 0 aliphatic heterocycles. The predicted molar refractivity (Wildman–Crippen MR) is 100 cm³/mol. The first-order chi connectivity index (χ1) is 12.2. The Bertz CT molecular complexity index is 1040. The summed E-state index contributed by atoms with van der Waals surface area (Å²) in [5, 5.41) is 11.0. The van der Waals surface area contributed by atoms with Crippen molar-refractivity contribution in [2.75, 3.05) is 4.72 Å². The Morgan fingerprint density at radius 2 is 1.54 bits per heavy atom. The summed E-state index contributed by atoms with van der Waals surface area (Å²) in [5.41, 5.74) is 5.78. The van der Waals surface area contributed by atoms with E-state index < -0.39 is 10.0 Å². The molecule has 2 aromatic carbocycles. The van der Waals surface area contributed by atoms with E-state index in [1.165, 1.54) is 11.0 Å². The quantitative estimate of drug-likeness (QED) is 0.761. The van der Waals surface area contributed by atoms with Gasteiger partial charge in [0.15, 0.2) is 0 Å². The second-order valence-electron chi connectivity index (χ2n) is 6.36. The first kappa shape index (κ1) is 18.1. The Labute approximate surface area is 153 Å². The number of tetrazole rings is 1. The van der Waals surface area contributed by atoms with Crippen molar-refractivity contribution in [1.29, 1.82) is 0 Å². The number of nitrogens with one attached hydrogen (secondary N) is 1. The molecule has 26 heavy (non-hydrogen) atoms. The van der Waals surface area contributed by atoms with Crippen molar-refractivity contribution in [3.63, 3.8) is 0 Å². The molecule has 8 heteroatoms. The van der Waals surface area contributed by atoms with Crippen molar-refractivity contribution in [1.82, 2.24) is 20.2 Å². The molecule has 1 heterocycles. The summed E-state index contributed by atoms with van der Waals surface area (Å²) in [6, 6.07) is 6.93. The van der Waals surface area contributed by atoms with E-state index in [0.29, 0.717) is 16.3 Å². The highest BCUT2D eigenvalue weighted by Crippen LogP contribution is 2.31. The first-order valence-corrected chi connectivity index (χ1v) is 9.64. The molecule has 0 spiro atoms. The average Bonchev–Trinajstić information content (AvgIpc) is 3.12. The number of sulfonamides is 1. The lowest BCUT2D eigenvalue weighted by Gasteiger charge is -2.19. The molecular weight excluding hydrogens is 350 g/mol. The normalized spacial score (nSPS) is 11.6. The van der Waals surface area contributed by atoms with E-state index in [1.54, 1.807) is 24.3 Å². The van der Waals surface area contributed by atoms with Crippen molar-refractivity contribution in [3.05, 3.63) is 58.4 Å². The van der Waals surface area contributed by atoms with Gasteiger partial charge in [-0.15, -0.1) is 5.10 Å². The summed E-state index contributed by atoms with van der Waals surface area (Å²) in [7, 11) is -3.73.